The molecule has 0 unspecified atom stereocenters. The molecule has 0 bridgehead atoms. The molecule has 2 N–H and O–H groups in total. The Morgan fingerprint density at radius 3 is 2.57 bits per heavy atom. The van der Waals surface area contributed by atoms with Crippen LogP contribution in [0.3, 0.4) is 0 Å². The minimum absolute atomic E-state index is 0.498. The van der Waals surface area contributed by atoms with Crippen molar-refractivity contribution in [3.8, 4) is 0 Å². The molecule has 7 heavy (non-hydrogen) atoms. The fourth-order valence-corrected chi connectivity index (χ4v) is 0.295. The summed E-state index contributed by atoms with van der Waals surface area (Å²) in [6, 6.07) is 0. The highest BCUT2D eigenvalue weighted by molar-refractivity contribution is 5.23. The molecule has 0 aliphatic rings. The Bertz CT molecular complexity index is 52.0. The Morgan fingerprint density at radius 1 is 1.86 bits per heavy atom. The first kappa shape index (κ1) is 6.63. The summed E-state index contributed by atoms with van der Waals surface area (Å²) < 4.78 is 0. The van der Waals surface area contributed by atoms with Gasteiger partial charge in [-0.1, -0.05) is 6.92 Å². The molecule has 0 aromatic carbocycles. The molecule has 1 atom stereocenters. The molecule has 0 saturated carbocycles. The van der Waals surface area contributed by atoms with Crippen LogP contribution >= 0.6 is 0 Å². The van der Waals surface area contributed by atoms with E-state index in [0.717, 1.165) is 6.54 Å². The molecule has 0 aliphatic carbocycles. The first-order valence-corrected chi connectivity index (χ1v) is 2.43. The van der Waals surface area contributed by atoms with Crippen LogP contribution in [0.25, 0.3) is 0 Å². The van der Waals surface area contributed by atoms with E-state index in [4.69, 9.17) is 5.73 Å². The molecule has 0 saturated heterocycles. The van der Waals surface area contributed by atoms with Crippen molar-refractivity contribution in [2.24, 2.45) is 16.6 Å². The van der Waals surface area contributed by atoms with Gasteiger partial charge < -0.3 is 10.7 Å². The fraction of sp³-hybridized carbons (Fsp3) is 0.800. The summed E-state index contributed by atoms with van der Waals surface area (Å²) in [5.74, 6) is 0.498. The molecule has 0 fully saturated rings. The second kappa shape index (κ2) is 3.81. The van der Waals surface area contributed by atoms with Crippen molar-refractivity contribution in [3.63, 3.8) is 0 Å². The molecular weight excluding hydrogens is 88.1 g/mol. The van der Waals surface area contributed by atoms with Crippen molar-refractivity contribution in [2.45, 2.75) is 6.92 Å². The summed E-state index contributed by atoms with van der Waals surface area (Å²) in [5.41, 5.74) is 5.27. The monoisotopic (exact) mass is 100 g/mol. The van der Waals surface area contributed by atoms with Crippen LogP contribution in [0.2, 0.25) is 0 Å². The number of hydrogen-bond acceptors (Lipinski definition) is 2. The quantitative estimate of drug-likeness (QED) is 0.508. The highest BCUT2D eigenvalue weighted by atomic mass is 14.7. The second-order valence-electron chi connectivity index (χ2n) is 1.75. The van der Waals surface area contributed by atoms with E-state index in [1.54, 1.807) is 0 Å². The van der Waals surface area contributed by atoms with Crippen molar-refractivity contribution >= 4 is 6.72 Å². The maximum atomic E-state index is 5.27. The third-order valence-corrected chi connectivity index (χ3v) is 0.843. The largest absolute Gasteiger partial charge is 0.330 e. The van der Waals surface area contributed by atoms with Gasteiger partial charge in [0.15, 0.2) is 0 Å². The van der Waals surface area contributed by atoms with E-state index < -0.39 is 0 Å². The van der Waals surface area contributed by atoms with Crippen LogP contribution < -0.4 is 5.73 Å². The third-order valence-electron chi connectivity index (χ3n) is 0.843. The third kappa shape index (κ3) is 3.46. The standard InChI is InChI=1S/C5H12N2/c1-5(3-6)4-7-2/h5H,2-4,6H2,1H3/t5-/m0/s1. The van der Waals surface area contributed by atoms with Crippen molar-refractivity contribution in [2.75, 3.05) is 13.1 Å². The lowest BCUT2D eigenvalue weighted by Crippen LogP contribution is -2.12. The van der Waals surface area contributed by atoms with Gasteiger partial charge in [-0.25, -0.2) is 0 Å². The van der Waals surface area contributed by atoms with Crippen LogP contribution in [0.5, 0.6) is 0 Å². The minimum Gasteiger partial charge on any atom is -0.330 e. The van der Waals surface area contributed by atoms with Crippen LogP contribution in [-0.2, 0) is 0 Å². The average Bonchev–Trinajstić information content (AvgIpc) is 1.68. The Labute approximate surface area is 44.4 Å². The Hall–Kier alpha value is -0.370. The number of aliphatic imine (C=N–C) groups is 1. The van der Waals surface area contributed by atoms with Gasteiger partial charge in [0.2, 0.25) is 0 Å². The average molecular weight is 100 g/mol. The van der Waals surface area contributed by atoms with E-state index in [-0.39, 0.29) is 0 Å². The van der Waals surface area contributed by atoms with Crippen LogP contribution in [0.4, 0.5) is 0 Å². The van der Waals surface area contributed by atoms with Crippen molar-refractivity contribution in [3.05, 3.63) is 0 Å². The van der Waals surface area contributed by atoms with E-state index in [1.807, 2.05) is 0 Å². The van der Waals surface area contributed by atoms with Crippen LogP contribution in [0, 0.1) is 5.92 Å². The predicted molar refractivity (Wildman–Crippen MR) is 32.6 cm³/mol. The topological polar surface area (TPSA) is 38.4 Å². The molecule has 2 heteroatoms. The van der Waals surface area contributed by atoms with Crippen molar-refractivity contribution in [1.29, 1.82) is 0 Å². The molecule has 0 heterocycles. The van der Waals surface area contributed by atoms with Crippen LogP contribution in [0.15, 0.2) is 4.99 Å². The first-order chi connectivity index (χ1) is 3.31. The summed E-state index contributed by atoms with van der Waals surface area (Å²) in [6.45, 7) is 6.89. The maximum absolute atomic E-state index is 5.27. The van der Waals surface area contributed by atoms with E-state index in [1.165, 1.54) is 0 Å². The molecule has 42 valence electrons. The lowest BCUT2D eigenvalue weighted by Gasteiger charge is -1.99. The number of hydrogen-bond donors (Lipinski definition) is 1. The molecule has 2 nitrogen and oxygen atoms in total. The van der Waals surface area contributed by atoms with Gasteiger partial charge >= 0.3 is 0 Å². The van der Waals surface area contributed by atoms with Gasteiger partial charge in [-0.05, 0) is 19.2 Å². The minimum atomic E-state index is 0.498. The van der Waals surface area contributed by atoms with E-state index in [2.05, 4.69) is 18.6 Å². The zero-order valence-electron chi connectivity index (χ0n) is 4.72. The van der Waals surface area contributed by atoms with Gasteiger partial charge in [-0.2, -0.15) is 0 Å². The maximum Gasteiger partial charge on any atom is 0.0419 e. The number of nitrogens with two attached hydrogens (primary N) is 1. The summed E-state index contributed by atoms with van der Waals surface area (Å²) in [4.78, 5) is 3.68. The van der Waals surface area contributed by atoms with Gasteiger partial charge in [-0.3, -0.25) is 0 Å². The molecule has 0 aromatic rings. The van der Waals surface area contributed by atoms with Gasteiger partial charge in [0.1, 0.15) is 0 Å². The van der Waals surface area contributed by atoms with E-state index >= 15 is 0 Å². The summed E-state index contributed by atoms with van der Waals surface area (Å²) >= 11 is 0. The summed E-state index contributed by atoms with van der Waals surface area (Å²) in [7, 11) is 0. The molecule has 0 aliphatic heterocycles. The SMILES string of the molecule is C=NC[C@@H](C)CN. The van der Waals surface area contributed by atoms with Crippen LogP contribution in [0.1, 0.15) is 6.92 Å². The highest BCUT2D eigenvalue weighted by Crippen LogP contribution is 1.88. The predicted octanol–water partition coefficient (Wildman–Crippen LogP) is 0.282. The second-order valence-corrected chi connectivity index (χ2v) is 1.75. The van der Waals surface area contributed by atoms with Crippen LogP contribution in [-0.4, -0.2) is 19.8 Å². The fourth-order valence-electron chi connectivity index (χ4n) is 0.295. The molecule has 0 amide bonds. The smallest absolute Gasteiger partial charge is 0.0419 e. The number of rotatable bonds is 3. The molecular formula is C5H12N2. The van der Waals surface area contributed by atoms with E-state index in [9.17, 15) is 0 Å². The Morgan fingerprint density at radius 2 is 2.43 bits per heavy atom. The normalized spacial score (nSPS) is 13.4. The lowest BCUT2D eigenvalue weighted by atomic mass is 10.2. The lowest BCUT2D eigenvalue weighted by molar-refractivity contribution is 0.612. The summed E-state index contributed by atoms with van der Waals surface area (Å²) in [5, 5.41) is 0. The van der Waals surface area contributed by atoms with Gasteiger partial charge in [0.05, 0.1) is 0 Å². The number of nitrogens with zero attached hydrogens (tertiary/aromatic N) is 1. The highest BCUT2D eigenvalue weighted by Gasteiger charge is 1.91. The molecule has 0 rings (SSSR count). The van der Waals surface area contributed by atoms with Gasteiger partial charge in [0.25, 0.3) is 0 Å². The van der Waals surface area contributed by atoms with Crippen molar-refractivity contribution in [1.82, 2.24) is 0 Å². The zero-order valence-corrected chi connectivity index (χ0v) is 4.72. The molecule has 0 spiro atoms. The Kier molecular flexibility index (Phi) is 3.61. The molecule has 0 aromatic heterocycles. The van der Waals surface area contributed by atoms with E-state index in [0.29, 0.717) is 12.5 Å². The van der Waals surface area contributed by atoms with Gasteiger partial charge in [0, 0.05) is 6.54 Å². The first-order valence-electron chi connectivity index (χ1n) is 2.43. The van der Waals surface area contributed by atoms with Crippen molar-refractivity contribution < 1.29 is 0 Å². The molecule has 0 radical (unpaired) electrons. The van der Waals surface area contributed by atoms with Gasteiger partial charge in [-0.15, -0.1) is 0 Å². The Balaban J connectivity index is 2.98. The zero-order chi connectivity index (χ0) is 5.70. The summed E-state index contributed by atoms with van der Waals surface area (Å²) in [6.07, 6.45) is 0.